The lowest BCUT2D eigenvalue weighted by Gasteiger charge is -2.11. The molecule has 1 aromatic carbocycles. The molecule has 0 bridgehead atoms. The highest BCUT2D eigenvalue weighted by Gasteiger charge is 2.19. The fourth-order valence-corrected chi connectivity index (χ4v) is 3.53. The Morgan fingerprint density at radius 3 is 2.71 bits per heavy atom. The van der Waals surface area contributed by atoms with E-state index in [4.69, 9.17) is 5.73 Å². The predicted molar refractivity (Wildman–Crippen MR) is 83.6 cm³/mol. The molecule has 0 saturated heterocycles. The minimum Gasteiger partial charge on any atom is -0.384 e. The van der Waals surface area contributed by atoms with E-state index < -0.39 is 0 Å². The van der Waals surface area contributed by atoms with Crippen molar-refractivity contribution >= 4 is 17.6 Å². The van der Waals surface area contributed by atoms with Gasteiger partial charge in [0.15, 0.2) is 0 Å². The minimum atomic E-state index is -0.206. The number of anilines is 1. The number of thioether (sulfide) groups is 1. The van der Waals surface area contributed by atoms with Crippen molar-refractivity contribution in [3.63, 3.8) is 0 Å². The van der Waals surface area contributed by atoms with Crippen LogP contribution in [0.15, 0.2) is 35.2 Å². The van der Waals surface area contributed by atoms with Crippen molar-refractivity contribution in [1.29, 1.82) is 0 Å². The molecule has 0 spiro atoms. The summed E-state index contributed by atoms with van der Waals surface area (Å²) in [5.74, 6) is 2.03. The summed E-state index contributed by atoms with van der Waals surface area (Å²) in [4.78, 5) is 9.52. The van der Waals surface area contributed by atoms with Crippen molar-refractivity contribution < 1.29 is 4.39 Å². The summed E-state index contributed by atoms with van der Waals surface area (Å²) in [6.45, 7) is 0. The molecule has 1 aliphatic carbocycles. The molecule has 21 heavy (non-hydrogen) atoms. The Labute approximate surface area is 128 Å². The van der Waals surface area contributed by atoms with Crippen LogP contribution in [0.25, 0.3) is 0 Å². The van der Waals surface area contributed by atoms with E-state index >= 15 is 0 Å². The van der Waals surface area contributed by atoms with Crippen LogP contribution in [-0.4, -0.2) is 9.97 Å². The second-order valence-electron chi connectivity index (χ2n) is 5.33. The van der Waals surface area contributed by atoms with Crippen molar-refractivity contribution in [2.45, 2.75) is 42.2 Å². The highest BCUT2D eigenvalue weighted by Crippen LogP contribution is 2.34. The lowest BCUT2D eigenvalue weighted by Crippen LogP contribution is -2.05. The minimum absolute atomic E-state index is 0.206. The molecule has 0 amide bonds. The Balaban J connectivity index is 1.74. The molecule has 0 aliphatic heterocycles. The summed E-state index contributed by atoms with van der Waals surface area (Å²) in [6, 6.07) is 8.63. The fourth-order valence-electron chi connectivity index (χ4n) is 2.74. The van der Waals surface area contributed by atoms with Crippen LogP contribution in [0, 0.1) is 5.82 Å². The van der Waals surface area contributed by atoms with Gasteiger partial charge in [-0.15, -0.1) is 11.8 Å². The van der Waals surface area contributed by atoms with Crippen LogP contribution in [0.4, 0.5) is 10.2 Å². The summed E-state index contributed by atoms with van der Waals surface area (Å²) in [7, 11) is 0. The lowest BCUT2D eigenvalue weighted by molar-refractivity contribution is 0.602. The van der Waals surface area contributed by atoms with E-state index in [1.165, 1.54) is 43.5 Å². The first-order valence-electron chi connectivity index (χ1n) is 7.23. The molecule has 2 N–H and O–H groups in total. The maximum Gasteiger partial charge on any atom is 0.141 e. The average Bonchev–Trinajstić information content (AvgIpc) is 3.00. The topological polar surface area (TPSA) is 51.8 Å². The number of hydrogen-bond acceptors (Lipinski definition) is 4. The van der Waals surface area contributed by atoms with Gasteiger partial charge in [-0.3, -0.25) is 0 Å². The summed E-state index contributed by atoms with van der Waals surface area (Å²) in [6.07, 6.45) is 4.87. The van der Waals surface area contributed by atoms with E-state index in [2.05, 4.69) is 9.97 Å². The molecule has 2 aromatic rings. The summed E-state index contributed by atoms with van der Waals surface area (Å²) >= 11 is 1.40. The summed E-state index contributed by atoms with van der Waals surface area (Å²) in [5.41, 5.74) is 6.94. The number of aromatic nitrogens is 2. The first kappa shape index (κ1) is 14.3. The van der Waals surface area contributed by atoms with E-state index in [0.29, 0.717) is 28.2 Å². The number of rotatable bonds is 4. The highest BCUT2D eigenvalue weighted by molar-refractivity contribution is 7.98. The van der Waals surface area contributed by atoms with Gasteiger partial charge < -0.3 is 5.73 Å². The molecular formula is C16H18FN3S. The monoisotopic (exact) mass is 303 g/mol. The Bertz CT molecular complexity index is 627. The number of benzene rings is 1. The van der Waals surface area contributed by atoms with Crippen molar-refractivity contribution in [3.05, 3.63) is 47.7 Å². The van der Waals surface area contributed by atoms with Gasteiger partial charge in [0.25, 0.3) is 0 Å². The molecule has 3 rings (SSSR count). The fraction of sp³-hybridized carbons (Fsp3) is 0.375. The zero-order valence-corrected chi connectivity index (χ0v) is 12.6. The van der Waals surface area contributed by atoms with Crippen molar-refractivity contribution in [2.75, 3.05) is 5.73 Å². The van der Waals surface area contributed by atoms with Crippen LogP contribution in [0.2, 0.25) is 0 Å². The number of hydrogen-bond donors (Lipinski definition) is 1. The maximum atomic E-state index is 13.6. The molecule has 1 aliphatic rings. The van der Waals surface area contributed by atoms with E-state index in [0.717, 1.165) is 5.69 Å². The van der Waals surface area contributed by atoms with Gasteiger partial charge in [-0.25, -0.2) is 14.4 Å². The normalized spacial score (nSPS) is 15.5. The Morgan fingerprint density at radius 2 is 1.95 bits per heavy atom. The van der Waals surface area contributed by atoms with Crippen LogP contribution < -0.4 is 5.73 Å². The quantitative estimate of drug-likeness (QED) is 0.862. The molecule has 1 aromatic heterocycles. The molecule has 1 fully saturated rings. The van der Waals surface area contributed by atoms with Gasteiger partial charge in [-0.2, -0.15) is 0 Å². The van der Waals surface area contributed by atoms with Crippen LogP contribution in [-0.2, 0) is 5.75 Å². The van der Waals surface area contributed by atoms with Gasteiger partial charge in [0, 0.05) is 22.6 Å². The van der Waals surface area contributed by atoms with Crippen molar-refractivity contribution in [3.8, 4) is 0 Å². The summed E-state index contributed by atoms with van der Waals surface area (Å²) in [5, 5.41) is 0. The molecule has 5 heteroatoms. The lowest BCUT2D eigenvalue weighted by atomic mass is 10.0. The Kier molecular flexibility index (Phi) is 4.39. The largest absolute Gasteiger partial charge is 0.384 e. The predicted octanol–water partition coefficient (Wildman–Crippen LogP) is 4.15. The third-order valence-electron chi connectivity index (χ3n) is 3.78. The van der Waals surface area contributed by atoms with Gasteiger partial charge in [-0.1, -0.05) is 25.0 Å². The van der Waals surface area contributed by atoms with E-state index in [-0.39, 0.29) is 5.82 Å². The number of nitrogens with two attached hydrogens (primary N) is 1. The molecular weight excluding hydrogens is 285 g/mol. The Morgan fingerprint density at radius 1 is 1.19 bits per heavy atom. The first-order chi connectivity index (χ1) is 10.2. The number of nitrogens with zero attached hydrogens (tertiary/aromatic N) is 2. The third kappa shape index (κ3) is 3.53. The smallest absolute Gasteiger partial charge is 0.141 e. The maximum absolute atomic E-state index is 13.6. The van der Waals surface area contributed by atoms with Gasteiger partial charge in [-0.05, 0) is 25.0 Å². The highest BCUT2D eigenvalue weighted by atomic mass is 32.2. The zero-order chi connectivity index (χ0) is 14.7. The molecule has 0 atom stereocenters. The first-order valence-corrected chi connectivity index (χ1v) is 8.21. The van der Waals surface area contributed by atoms with Gasteiger partial charge in [0.2, 0.25) is 0 Å². The third-order valence-corrected chi connectivity index (χ3v) is 4.82. The van der Waals surface area contributed by atoms with Crippen molar-refractivity contribution in [2.24, 2.45) is 0 Å². The summed E-state index contributed by atoms with van der Waals surface area (Å²) < 4.78 is 13.6. The zero-order valence-electron chi connectivity index (χ0n) is 11.8. The van der Waals surface area contributed by atoms with Gasteiger partial charge in [0.1, 0.15) is 17.5 Å². The second-order valence-corrected chi connectivity index (χ2v) is 6.35. The van der Waals surface area contributed by atoms with Crippen LogP contribution >= 0.6 is 11.8 Å². The van der Waals surface area contributed by atoms with Gasteiger partial charge >= 0.3 is 0 Å². The van der Waals surface area contributed by atoms with Crippen LogP contribution in [0.3, 0.4) is 0 Å². The second kappa shape index (κ2) is 6.43. The molecule has 110 valence electrons. The number of halogens is 1. The standard InChI is InChI=1S/C16H18FN3S/c17-12-7-3-4-8-14(12)21-10-16-19-13(9-15(18)20-16)11-5-1-2-6-11/h3-4,7-9,11H,1-2,5-6,10H2,(H2,18,19,20). The van der Waals surface area contributed by atoms with Gasteiger partial charge in [0.05, 0.1) is 5.75 Å². The Hall–Kier alpha value is -1.62. The van der Waals surface area contributed by atoms with E-state index in [1.54, 1.807) is 12.1 Å². The molecule has 1 saturated carbocycles. The van der Waals surface area contributed by atoms with Crippen molar-refractivity contribution in [1.82, 2.24) is 9.97 Å². The molecule has 0 radical (unpaired) electrons. The SMILES string of the molecule is Nc1cc(C2CCCC2)nc(CSc2ccccc2F)n1. The van der Waals surface area contributed by atoms with E-state index in [1.807, 2.05) is 12.1 Å². The van der Waals surface area contributed by atoms with Crippen LogP contribution in [0.1, 0.15) is 43.1 Å². The number of nitrogen functional groups attached to an aromatic ring is 1. The average molecular weight is 303 g/mol. The molecule has 0 unspecified atom stereocenters. The van der Waals surface area contributed by atoms with Crippen LogP contribution in [0.5, 0.6) is 0 Å². The molecule has 3 nitrogen and oxygen atoms in total. The molecule has 1 heterocycles. The van der Waals surface area contributed by atoms with E-state index in [9.17, 15) is 4.39 Å².